The fourth-order valence-corrected chi connectivity index (χ4v) is 1.85. The molecule has 0 spiro atoms. The van der Waals surface area contributed by atoms with Crippen molar-refractivity contribution in [3.05, 3.63) is 17.7 Å². The van der Waals surface area contributed by atoms with E-state index in [0.29, 0.717) is 23.5 Å². The number of amides is 1. The molecule has 1 aliphatic heterocycles. The van der Waals surface area contributed by atoms with Gasteiger partial charge in [0.15, 0.2) is 11.5 Å². The SMILES string of the molecule is CNC(=O)Oc1ccc(O)c2c1OC(C)(C)C2. The van der Waals surface area contributed by atoms with Gasteiger partial charge in [-0.2, -0.15) is 0 Å². The van der Waals surface area contributed by atoms with Crippen molar-refractivity contribution in [3.63, 3.8) is 0 Å². The minimum absolute atomic E-state index is 0.162. The molecule has 0 aliphatic carbocycles. The highest BCUT2D eigenvalue weighted by Crippen LogP contribution is 2.46. The highest BCUT2D eigenvalue weighted by molar-refractivity contribution is 5.72. The summed E-state index contributed by atoms with van der Waals surface area (Å²) in [4.78, 5) is 11.2. The van der Waals surface area contributed by atoms with Crippen molar-refractivity contribution in [1.29, 1.82) is 0 Å². The lowest BCUT2D eigenvalue weighted by molar-refractivity contribution is 0.133. The van der Waals surface area contributed by atoms with E-state index in [9.17, 15) is 9.90 Å². The van der Waals surface area contributed by atoms with E-state index in [1.807, 2.05) is 13.8 Å². The van der Waals surface area contributed by atoms with Gasteiger partial charge in [-0.25, -0.2) is 4.79 Å². The molecule has 0 fully saturated rings. The van der Waals surface area contributed by atoms with Gasteiger partial charge >= 0.3 is 6.09 Å². The molecule has 2 N–H and O–H groups in total. The van der Waals surface area contributed by atoms with Crippen LogP contribution in [0.5, 0.6) is 17.2 Å². The predicted molar refractivity (Wildman–Crippen MR) is 61.6 cm³/mol. The highest BCUT2D eigenvalue weighted by Gasteiger charge is 2.35. The monoisotopic (exact) mass is 237 g/mol. The first-order valence-corrected chi connectivity index (χ1v) is 5.36. The molecule has 92 valence electrons. The van der Waals surface area contributed by atoms with Gasteiger partial charge < -0.3 is 19.9 Å². The summed E-state index contributed by atoms with van der Waals surface area (Å²) in [6.07, 6.45) is 0.0187. The molecule has 0 atom stereocenters. The summed E-state index contributed by atoms with van der Waals surface area (Å²) in [6.45, 7) is 3.83. The van der Waals surface area contributed by atoms with E-state index in [4.69, 9.17) is 9.47 Å². The van der Waals surface area contributed by atoms with Crippen molar-refractivity contribution in [2.45, 2.75) is 25.9 Å². The van der Waals surface area contributed by atoms with Crippen molar-refractivity contribution in [2.24, 2.45) is 0 Å². The molecule has 5 heteroatoms. The zero-order valence-electron chi connectivity index (χ0n) is 10.0. The number of aromatic hydroxyl groups is 1. The number of carbonyl (C=O) groups is 1. The third kappa shape index (κ3) is 2.13. The second kappa shape index (κ2) is 3.84. The Morgan fingerprint density at radius 2 is 2.24 bits per heavy atom. The van der Waals surface area contributed by atoms with Crippen LogP contribution in [0.1, 0.15) is 19.4 Å². The van der Waals surface area contributed by atoms with Gasteiger partial charge in [-0.15, -0.1) is 0 Å². The Bertz CT molecular complexity index is 468. The minimum atomic E-state index is -0.564. The first-order chi connectivity index (χ1) is 7.93. The second-order valence-electron chi connectivity index (χ2n) is 4.57. The molecule has 1 amide bonds. The van der Waals surface area contributed by atoms with Gasteiger partial charge in [0.2, 0.25) is 0 Å². The summed E-state index contributed by atoms with van der Waals surface area (Å²) in [5.74, 6) is 0.927. The summed E-state index contributed by atoms with van der Waals surface area (Å²) in [6, 6.07) is 3.02. The van der Waals surface area contributed by atoms with Crippen LogP contribution in [0.4, 0.5) is 4.79 Å². The predicted octanol–water partition coefficient (Wildman–Crippen LogP) is 1.82. The van der Waals surface area contributed by atoms with E-state index in [1.165, 1.54) is 19.2 Å². The normalized spacial score (nSPS) is 15.9. The van der Waals surface area contributed by atoms with E-state index in [1.54, 1.807) is 0 Å². The van der Waals surface area contributed by atoms with Crippen LogP contribution in [0.2, 0.25) is 0 Å². The topological polar surface area (TPSA) is 67.8 Å². The van der Waals surface area contributed by atoms with Crippen molar-refractivity contribution < 1.29 is 19.4 Å². The Morgan fingerprint density at radius 3 is 2.88 bits per heavy atom. The first-order valence-electron chi connectivity index (χ1n) is 5.36. The Balaban J connectivity index is 2.38. The van der Waals surface area contributed by atoms with Gasteiger partial charge in [0.1, 0.15) is 11.4 Å². The maximum absolute atomic E-state index is 11.2. The summed E-state index contributed by atoms with van der Waals surface area (Å²) in [5.41, 5.74) is 0.276. The Labute approximate surface area is 99.3 Å². The molecule has 0 saturated carbocycles. The van der Waals surface area contributed by atoms with E-state index >= 15 is 0 Å². The maximum Gasteiger partial charge on any atom is 0.412 e. The average Bonchev–Trinajstić information content (AvgIpc) is 2.59. The largest absolute Gasteiger partial charge is 0.508 e. The lowest BCUT2D eigenvalue weighted by atomic mass is 10.0. The van der Waals surface area contributed by atoms with Gasteiger partial charge in [0.25, 0.3) is 0 Å². The summed E-state index contributed by atoms with van der Waals surface area (Å²) < 4.78 is 10.8. The van der Waals surface area contributed by atoms with Crippen molar-refractivity contribution in [3.8, 4) is 17.2 Å². The first kappa shape index (κ1) is 11.6. The van der Waals surface area contributed by atoms with E-state index in [-0.39, 0.29) is 5.75 Å². The molecule has 17 heavy (non-hydrogen) atoms. The number of fused-ring (bicyclic) bond motifs is 1. The Hall–Kier alpha value is -1.91. The molecule has 0 bridgehead atoms. The number of carbonyl (C=O) groups excluding carboxylic acids is 1. The summed E-state index contributed by atoms with van der Waals surface area (Å²) in [7, 11) is 1.48. The zero-order chi connectivity index (χ0) is 12.6. The third-order valence-electron chi connectivity index (χ3n) is 2.59. The fourth-order valence-electron chi connectivity index (χ4n) is 1.85. The molecular formula is C12H15NO4. The second-order valence-corrected chi connectivity index (χ2v) is 4.57. The Kier molecular flexibility index (Phi) is 2.61. The van der Waals surface area contributed by atoms with E-state index in [0.717, 1.165) is 0 Å². The molecule has 1 aliphatic rings. The number of hydrogen-bond acceptors (Lipinski definition) is 4. The number of ether oxygens (including phenoxy) is 2. The Morgan fingerprint density at radius 1 is 1.53 bits per heavy atom. The number of hydrogen-bond donors (Lipinski definition) is 2. The molecule has 1 heterocycles. The molecule has 1 aromatic carbocycles. The van der Waals surface area contributed by atoms with Crippen LogP contribution in [0.25, 0.3) is 0 Å². The van der Waals surface area contributed by atoms with Gasteiger partial charge in [-0.3, -0.25) is 0 Å². The van der Waals surface area contributed by atoms with Crippen LogP contribution < -0.4 is 14.8 Å². The van der Waals surface area contributed by atoms with Crippen LogP contribution in [0.15, 0.2) is 12.1 Å². The maximum atomic E-state index is 11.2. The summed E-state index contributed by atoms with van der Waals surface area (Å²) >= 11 is 0. The van der Waals surface area contributed by atoms with Crippen molar-refractivity contribution >= 4 is 6.09 Å². The van der Waals surface area contributed by atoms with Crippen LogP contribution in [0, 0.1) is 0 Å². The van der Waals surface area contributed by atoms with Gasteiger partial charge in [-0.1, -0.05) is 0 Å². The fraction of sp³-hybridized carbons (Fsp3) is 0.417. The van der Waals surface area contributed by atoms with Crippen LogP contribution >= 0.6 is 0 Å². The number of benzene rings is 1. The molecule has 0 radical (unpaired) electrons. The van der Waals surface area contributed by atoms with E-state index in [2.05, 4.69) is 5.32 Å². The smallest absolute Gasteiger partial charge is 0.412 e. The number of phenolic OH excluding ortho intramolecular Hbond substituents is 1. The molecule has 5 nitrogen and oxygen atoms in total. The van der Waals surface area contributed by atoms with Crippen LogP contribution in [-0.4, -0.2) is 23.8 Å². The van der Waals surface area contributed by atoms with Crippen molar-refractivity contribution in [2.75, 3.05) is 7.05 Å². The average molecular weight is 237 g/mol. The molecule has 2 rings (SSSR count). The molecular weight excluding hydrogens is 222 g/mol. The van der Waals surface area contributed by atoms with Gasteiger partial charge in [-0.05, 0) is 26.0 Å². The highest BCUT2D eigenvalue weighted by atomic mass is 16.6. The molecule has 0 unspecified atom stereocenters. The number of nitrogens with one attached hydrogen (secondary N) is 1. The number of rotatable bonds is 1. The standard InChI is InChI=1S/C12H15NO4/c1-12(2)6-7-8(14)4-5-9(10(7)17-12)16-11(15)13-3/h4-5,14H,6H2,1-3H3,(H,13,15). The van der Waals surface area contributed by atoms with Crippen LogP contribution in [-0.2, 0) is 6.42 Å². The van der Waals surface area contributed by atoms with Crippen molar-refractivity contribution in [1.82, 2.24) is 5.32 Å². The third-order valence-corrected chi connectivity index (χ3v) is 2.59. The zero-order valence-corrected chi connectivity index (χ0v) is 10.0. The summed E-state index contributed by atoms with van der Waals surface area (Å²) in [5, 5.41) is 12.1. The van der Waals surface area contributed by atoms with Gasteiger partial charge in [0.05, 0.1) is 0 Å². The molecule has 1 aromatic rings. The molecule has 0 saturated heterocycles. The lowest BCUT2D eigenvalue weighted by Gasteiger charge is -2.17. The van der Waals surface area contributed by atoms with E-state index < -0.39 is 11.7 Å². The quantitative estimate of drug-likeness (QED) is 0.781. The van der Waals surface area contributed by atoms with Gasteiger partial charge in [0, 0.05) is 19.0 Å². The lowest BCUT2D eigenvalue weighted by Crippen LogP contribution is -2.25. The minimum Gasteiger partial charge on any atom is -0.508 e. The molecule has 0 aromatic heterocycles. The number of phenols is 1. The van der Waals surface area contributed by atoms with Crippen LogP contribution in [0.3, 0.4) is 0 Å².